The van der Waals surface area contributed by atoms with Gasteiger partial charge in [-0.2, -0.15) is 0 Å². The van der Waals surface area contributed by atoms with Crippen molar-refractivity contribution in [2.24, 2.45) is 0 Å². The Balaban J connectivity index is 2.21. The molecule has 1 heterocycles. The zero-order valence-corrected chi connectivity index (χ0v) is 10.9. The lowest BCUT2D eigenvalue weighted by molar-refractivity contribution is 0.517. The van der Waals surface area contributed by atoms with Crippen molar-refractivity contribution in [3.63, 3.8) is 0 Å². The van der Waals surface area contributed by atoms with E-state index in [9.17, 15) is 0 Å². The third kappa shape index (κ3) is 1.90. The molecule has 0 N–H and O–H groups in total. The molecule has 2 aromatic carbocycles. The van der Waals surface area contributed by atoms with Gasteiger partial charge in [-0.25, -0.2) is 0 Å². The monoisotopic (exact) mass is 276 g/mol. The molecule has 1 atom stereocenters. The Morgan fingerprint density at radius 3 is 2.39 bits per heavy atom. The van der Waals surface area contributed by atoms with Gasteiger partial charge in [0.05, 0.1) is 6.26 Å². The Morgan fingerprint density at radius 1 is 0.889 bits per heavy atom. The summed E-state index contributed by atoms with van der Waals surface area (Å²) in [6.45, 7) is 0. The number of furan rings is 1. The van der Waals surface area contributed by atoms with Crippen molar-refractivity contribution in [2.75, 3.05) is 0 Å². The molecule has 0 aliphatic rings. The summed E-state index contributed by atoms with van der Waals surface area (Å²) in [4.78, 5) is 0. The molecule has 0 fully saturated rings. The first kappa shape index (κ1) is 11.6. The molecule has 0 saturated heterocycles. The van der Waals surface area contributed by atoms with E-state index in [1.165, 1.54) is 0 Å². The highest BCUT2D eigenvalue weighted by Crippen LogP contribution is 2.36. The summed E-state index contributed by atoms with van der Waals surface area (Å²) in [5.41, 5.74) is 1.01. The number of benzene rings is 2. The zero-order valence-electron chi connectivity index (χ0n) is 9.44. The van der Waals surface area contributed by atoms with Gasteiger partial charge in [0.15, 0.2) is 0 Å². The summed E-state index contributed by atoms with van der Waals surface area (Å²) in [7, 11) is 0. The van der Waals surface area contributed by atoms with Crippen molar-refractivity contribution in [3.8, 4) is 0 Å². The van der Waals surface area contributed by atoms with Crippen LogP contribution in [0.15, 0.2) is 59.2 Å². The molecule has 0 radical (unpaired) electrons. The van der Waals surface area contributed by atoms with Crippen molar-refractivity contribution < 1.29 is 4.42 Å². The average Bonchev–Trinajstić information content (AvgIpc) is 2.93. The second-order valence-corrected chi connectivity index (χ2v) is 4.90. The summed E-state index contributed by atoms with van der Waals surface area (Å²) in [6.07, 6.45) is 1.63. The zero-order chi connectivity index (χ0) is 12.5. The van der Waals surface area contributed by atoms with Gasteiger partial charge in [-0.15, -0.1) is 11.6 Å². The number of hydrogen-bond acceptors (Lipinski definition) is 1. The van der Waals surface area contributed by atoms with E-state index in [1.54, 1.807) is 6.26 Å². The van der Waals surface area contributed by atoms with Crippen molar-refractivity contribution >= 4 is 34.0 Å². The molecule has 1 unspecified atom stereocenters. The normalized spacial score (nSPS) is 12.8. The van der Waals surface area contributed by atoms with Gasteiger partial charge in [0.2, 0.25) is 0 Å². The Kier molecular flexibility index (Phi) is 3.02. The molecular weight excluding hydrogens is 267 g/mol. The predicted octanol–water partition coefficient (Wildman–Crippen LogP) is 5.41. The molecule has 3 heteroatoms. The standard InChI is InChI=1S/C15H10Cl2O/c16-13-8-7-12(10-4-1-2-5-11(10)13)15(17)14-6-3-9-18-14/h1-9,15H. The molecule has 0 saturated carbocycles. The summed E-state index contributed by atoms with van der Waals surface area (Å²) >= 11 is 12.7. The van der Waals surface area contributed by atoms with Crippen molar-refractivity contribution in [2.45, 2.75) is 5.38 Å². The molecule has 0 bridgehead atoms. The minimum absolute atomic E-state index is 0.304. The van der Waals surface area contributed by atoms with Crippen LogP contribution in [0.5, 0.6) is 0 Å². The van der Waals surface area contributed by atoms with Gasteiger partial charge in [-0.05, 0) is 29.1 Å². The Morgan fingerprint density at radius 2 is 1.67 bits per heavy atom. The predicted molar refractivity (Wildman–Crippen MR) is 75.4 cm³/mol. The van der Waals surface area contributed by atoms with Crippen LogP contribution in [-0.2, 0) is 0 Å². The maximum Gasteiger partial charge on any atom is 0.126 e. The van der Waals surface area contributed by atoms with E-state index in [0.717, 1.165) is 27.1 Å². The Bertz CT molecular complexity index is 674. The van der Waals surface area contributed by atoms with E-state index < -0.39 is 0 Å². The molecule has 0 spiro atoms. The fourth-order valence-electron chi connectivity index (χ4n) is 2.10. The van der Waals surface area contributed by atoms with E-state index >= 15 is 0 Å². The van der Waals surface area contributed by atoms with Gasteiger partial charge in [-0.1, -0.05) is 41.9 Å². The summed E-state index contributed by atoms with van der Waals surface area (Å²) in [5.74, 6) is 0.740. The minimum atomic E-state index is -0.304. The minimum Gasteiger partial charge on any atom is -0.467 e. The third-order valence-electron chi connectivity index (χ3n) is 2.97. The highest BCUT2D eigenvalue weighted by atomic mass is 35.5. The SMILES string of the molecule is Clc1ccc(C(Cl)c2ccco2)c2ccccc12. The largest absolute Gasteiger partial charge is 0.467 e. The van der Waals surface area contributed by atoms with E-state index in [2.05, 4.69) is 0 Å². The van der Waals surface area contributed by atoms with Crippen LogP contribution < -0.4 is 0 Å². The first-order valence-corrected chi connectivity index (χ1v) is 6.43. The average molecular weight is 277 g/mol. The first-order chi connectivity index (χ1) is 8.77. The Hall–Kier alpha value is -1.44. The number of alkyl halides is 1. The van der Waals surface area contributed by atoms with Crippen LogP contribution in [0.4, 0.5) is 0 Å². The van der Waals surface area contributed by atoms with Crippen molar-refractivity contribution in [3.05, 3.63) is 71.1 Å². The molecule has 1 nitrogen and oxygen atoms in total. The highest BCUT2D eigenvalue weighted by Gasteiger charge is 2.16. The van der Waals surface area contributed by atoms with Crippen molar-refractivity contribution in [1.29, 1.82) is 0 Å². The Labute approximate surface area is 115 Å². The lowest BCUT2D eigenvalue weighted by Crippen LogP contribution is -1.93. The van der Waals surface area contributed by atoms with Crippen LogP contribution in [0.2, 0.25) is 5.02 Å². The molecule has 0 aliphatic heterocycles. The molecule has 3 rings (SSSR count). The second-order valence-electron chi connectivity index (χ2n) is 4.06. The van der Waals surface area contributed by atoms with Crippen LogP contribution in [0.1, 0.15) is 16.7 Å². The van der Waals surface area contributed by atoms with Crippen LogP contribution >= 0.6 is 23.2 Å². The smallest absolute Gasteiger partial charge is 0.126 e. The lowest BCUT2D eigenvalue weighted by atomic mass is 10.0. The van der Waals surface area contributed by atoms with Gasteiger partial charge in [-0.3, -0.25) is 0 Å². The van der Waals surface area contributed by atoms with Gasteiger partial charge in [0.25, 0.3) is 0 Å². The molecule has 18 heavy (non-hydrogen) atoms. The summed E-state index contributed by atoms with van der Waals surface area (Å²) < 4.78 is 5.36. The van der Waals surface area contributed by atoms with Gasteiger partial charge >= 0.3 is 0 Å². The number of halogens is 2. The molecule has 0 aliphatic carbocycles. The van der Waals surface area contributed by atoms with Crippen LogP contribution in [0, 0.1) is 0 Å². The number of rotatable bonds is 2. The number of hydrogen-bond donors (Lipinski definition) is 0. The van der Waals surface area contributed by atoms with Crippen LogP contribution in [-0.4, -0.2) is 0 Å². The van der Waals surface area contributed by atoms with Crippen LogP contribution in [0.3, 0.4) is 0 Å². The molecule has 90 valence electrons. The maximum atomic E-state index is 6.47. The maximum absolute atomic E-state index is 6.47. The molecule has 1 aromatic heterocycles. The van der Waals surface area contributed by atoms with Crippen LogP contribution in [0.25, 0.3) is 10.8 Å². The fourth-order valence-corrected chi connectivity index (χ4v) is 2.64. The van der Waals surface area contributed by atoms with E-state index in [1.807, 2.05) is 48.5 Å². The van der Waals surface area contributed by atoms with Crippen molar-refractivity contribution in [1.82, 2.24) is 0 Å². The topological polar surface area (TPSA) is 13.1 Å². The summed E-state index contributed by atoms with van der Waals surface area (Å²) in [6, 6.07) is 15.5. The second kappa shape index (κ2) is 4.68. The molecule has 0 amide bonds. The van der Waals surface area contributed by atoms with E-state index in [-0.39, 0.29) is 5.38 Å². The molecular formula is C15H10Cl2O. The first-order valence-electron chi connectivity index (χ1n) is 5.62. The van der Waals surface area contributed by atoms with Gasteiger partial charge < -0.3 is 4.42 Å². The number of fused-ring (bicyclic) bond motifs is 1. The van der Waals surface area contributed by atoms with Gasteiger partial charge in [0.1, 0.15) is 11.1 Å². The van der Waals surface area contributed by atoms with E-state index in [4.69, 9.17) is 27.6 Å². The van der Waals surface area contributed by atoms with E-state index in [0.29, 0.717) is 0 Å². The highest BCUT2D eigenvalue weighted by molar-refractivity contribution is 6.36. The van der Waals surface area contributed by atoms with Gasteiger partial charge in [0, 0.05) is 10.4 Å². The third-order valence-corrected chi connectivity index (χ3v) is 3.75. The lowest BCUT2D eigenvalue weighted by Gasteiger charge is -2.11. The fraction of sp³-hybridized carbons (Fsp3) is 0.0667. The quantitative estimate of drug-likeness (QED) is 0.570. The molecule has 3 aromatic rings. The summed E-state index contributed by atoms with van der Waals surface area (Å²) in [5, 5.41) is 2.50.